The van der Waals surface area contributed by atoms with Crippen molar-refractivity contribution in [1.29, 1.82) is 0 Å². The van der Waals surface area contributed by atoms with Crippen LogP contribution in [0.25, 0.3) is 0 Å². The minimum atomic E-state index is -0.521. The molecule has 0 aromatic heterocycles. The van der Waals surface area contributed by atoms with Crippen LogP contribution in [0.4, 0.5) is 0 Å². The number of carbonyl (C=O) groups is 2. The second-order valence-electron chi connectivity index (χ2n) is 5.92. The molecule has 1 aliphatic rings. The number of aliphatic hydroxyl groups excluding tert-OH is 1. The van der Waals surface area contributed by atoms with Gasteiger partial charge in [0.15, 0.2) is 11.5 Å². The lowest BCUT2D eigenvalue weighted by atomic mass is 9.95. The van der Waals surface area contributed by atoms with Gasteiger partial charge in [-0.15, -0.1) is 0 Å². The number of benzene rings is 1. The first-order valence-corrected chi connectivity index (χ1v) is 8.46. The minimum absolute atomic E-state index is 0.195. The summed E-state index contributed by atoms with van der Waals surface area (Å²) in [6.45, 7) is 4.35. The van der Waals surface area contributed by atoms with Crippen LogP contribution in [-0.2, 0) is 9.59 Å². The van der Waals surface area contributed by atoms with E-state index in [-0.39, 0.29) is 17.8 Å². The zero-order valence-corrected chi connectivity index (χ0v) is 14.5. The molecule has 1 aliphatic heterocycles. The molecule has 0 spiro atoms. The lowest BCUT2D eigenvalue weighted by Gasteiger charge is -2.27. The minimum Gasteiger partial charge on any atom is -0.503 e. The number of hydrogen-bond donors (Lipinski definition) is 1. The van der Waals surface area contributed by atoms with Crippen LogP contribution in [0.2, 0.25) is 0 Å². The van der Waals surface area contributed by atoms with Gasteiger partial charge in [0.25, 0.3) is 5.91 Å². The number of aliphatic hydroxyl groups is 1. The third kappa shape index (κ3) is 3.45. The zero-order chi connectivity index (χ0) is 17.7. The topological polar surface area (TPSA) is 66.8 Å². The third-order valence-corrected chi connectivity index (χ3v) is 4.36. The number of hydrogen-bond acceptors (Lipinski definition) is 4. The fourth-order valence-electron chi connectivity index (χ4n) is 3.02. The Bertz CT molecular complexity index is 633. The Hall–Kier alpha value is -2.30. The summed E-state index contributed by atoms with van der Waals surface area (Å²) in [4.78, 5) is 26.4. The molecule has 1 aromatic carbocycles. The van der Waals surface area contributed by atoms with Gasteiger partial charge in [0.05, 0.1) is 18.7 Å². The van der Waals surface area contributed by atoms with Crippen molar-refractivity contribution in [2.24, 2.45) is 0 Å². The smallest absolute Gasteiger partial charge is 0.290 e. The average molecular weight is 331 g/mol. The van der Waals surface area contributed by atoms with Crippen LogP contribution in [0.3, 0.4) is 0 Å². The van der Waals surface area contributed by atoms with Crippen molar-refractivity contribution in [3.05, 3.63) is 41.2 Å². The Balaban J connectivity index is 2.40. The van der Waals surface area contributed by atoms with Crippen LogP contribution in [0.1, 0.15) is 51.1 Å². The lowest BCUT2D eigenvalue weighted by molar-refractivity contribution is -0.129. The molecule has 130 valence electrons. The highest BCUT2D eigenvalue weighted by Crippen LogP contribution is 2.38. The molecular formula is C19H25NO4. The van der Waals surface area contributed by atoms with Crippen molar-refractivity contribution in [3.8, 4) is 5.75 Å². The van der Waals surface area contributed by atoms with E-state index in [9.17, 15) is 14.7 Å². The first kappa shape index (κ1) is 18.0. The number of nitrogens with zero attached hydrogens (tertiary/aromatic N) is 1. The number of carbonyl (C=O) groups excluding carboxylic acids is 2. The number of methoxy groups -OCH3 is 1. The van der Waals surface area contributed by atoms with Gasteiger partial charge in [0.2, 0.25) is 0 Å². The summed E-state index contributed by atoms with van der Waals surface area (Å²) in [7, 11) is 1.59. The molecule has 0 fully saturated rings. The zero-order valence-electron chi connectivity index (χ0n) is 14.5. The van der Waals surface area contributed by atoms with E-state index in [0.29, 0.717) is 12.3 Å². The highest BCUT2D eigenvalue weighted by Gasteiger charge is 2.42. The molecule has 5 heteroatoms. The summed E-state index contributed by atoms with van der Waals surface area (Å²) >= 11 is 0. The van der Waals surface area contributed by atoms with Crippen LogP contribution in [-0.4, -0.2) is 35.4 Å². The molecule has 24 heavy (non-hydrogen) atoms. The monoisotopic (exact) mass is 331 g/mol. The molecule has 0 saturated carbocycles. The quantitative estimate of drug-likeness (QED) is 0.740. The van der Waals surface area contributed by atoms with E-state index >= 15 is 0 Å². The maximum Gasteiger partial charge on any atom is 0.290 e. The normalized spacial score (nSPS) is 17.5. The van der Waals surface area contributed by atoms with Crippen molar-refractivity contribution in [2.45, 2.75) is 45.6 Å². The number of Topliss-reactive ketones (excluding diaryl/α,β-unsaturated/α-hetero) is 1. The van der Waals surface area contributed by atoms with Crippen LogP contribution in [0.15, 0.2) is 35.6 Å². The van der Waals surface area contributed by atoms with E-state index in [2.05, 4.69) is 6.92 Å². The Kier molecular flexibility index (Phi) is 6.01. The van der Waals surface area contributed by atoms with Gasteiger partial charge in [-0.2, -0.15) is 0 Å². The molecule has 1 unspecified atom stereocenters. The largest absolute Gasteiger partial charge is 0.503 e. The fraction of sp³-hybridized carbons (Fsp3) is 0.474. The van der Waals surface area contributed by atoms with E-state index in [1.165, 1.54) is 0 Å². The summed E-state index contributed by atoms with van der Waals surface area (Å²) in [6, 6.07) is 6.75. The van der Waals surface area contributed by atoms with Crippen molar-refractivity contribution < 1.29 is 19.4 Å². The van der Waals surface area contributed by atoms with Crippen molar-refractivity contribution in [1.82, 2.24) is 4.90 Å². The average Bonchev–Trinajstić information content (AvgIpc) is 2.86. The highest BCUT2D eigenvalue weighted by molar-refractivity contribution is 6.08. The maximum atomic E-state index is 12.5. The SMILES string of the molecule is CCCCCN1C(=O)C(O)=C(C(=O)CC)C1c1ccc(OC)cc1. The van der Waals surface area contributed by atoms with Crippen molar-refractivity contribution in [2.75, 3.05) is 13.7 Å². The highest BCUT2D eigenvalue weighted by atomic mass is 16.5. The van der Waals surface area contributed by atoms with Gasteiger partial charge in [-0.3, -0.25) is 9.59 Å². The summed E-state index contributed by atoms with van der Waals surface area (Å²) in [5.41, 5.74) is 1.02. The second-order valence-corrected chi connectivity index (χ2v) is 5.92. The first-order chi connectivity index (χ1) is 11.5. The molecule has 1 atom stereocenters. The van der Waals surface area contributed by atoms with Crippen molar-refractivity contribution >= 4 is 11.7 Å². The Labute approximate surface area is 142 Å². The molecule has 1 amide bonds. The van der Waals surface area contributed by atoms with Crippen LogP contribution < -0.4 is 4.74 Å². The van der Waals surface area contributed by atoms with E-state index in [0.717, 1.165) is 24.8 Å². The van der Waals surface area contributed by atoms with E-state index < -0.39 is 17.7 Å². The molecule has 0 aliphatic carbocycles. The standard InChI is InChI=1S/C19H25NO4/c1-4-6-7-12-20-17(13-8-10-14(24-3)11-9-13)16(15(21)5-2)18(22)19(20)23/h8-11,17,22H,4-7,12H2,1-3H3. The fourth-order valence-corrected chi connectivity index (χ4v) is 3.02. The molecular weight excluding hydrogens is 306 g/mol. The predicted octanol–water partition coefficient (Wildman–Crippen LogP) is 3.56. The van der Waals surface area contributed by atoms with E-state index in [1.807, 2.05) is 12.1 Å². The molecule has 1 aromatic rings. The van der Waals surface area contributed by atoms with Crippen LogP contribution >= 0.6 is 0 Å². The van der Waals surface area contributed by atoms with Gasteiger partial charge in [-0.25, -0.2) is 0 Å². The molecule has 0 bridgehead atoms. The van der Waals surface area contributed by atoms with Gasteiger partial charge in [0, 0.05) is 13.0 Å². The summed E-state index contributed by atoms with van der Waals surface area (Å²) in [6.07, 6.45) is 3.13. The number of ketones is 1. The molecule has 5 nitrogen and oxygen atoms in total. The van der Waals surface area contributed by atoms with E-state index in [1.54, 1.807) is 31.1 Å². The molecule has 0 saturated heterocycles. The number of amides is 1. The molecule has 1 heterocycles. The van der Waals surface area contributed by atoms with Gasteiger partial charge < -0.3 is 14.7 Å². The molecule has 0 radical (unpaired) electrons. The van der Waals surface area contributed by atoms with Gasteiger partial charge in [0.1, 0.15) is 5.75 Å². The Morgan fingerprint density at radius 1 is 1.21 bits per heavy atom. The Morgan fingerprint density at radius 2 is 1.88 bits per heavy atom. The predicted molar refractivity (Wildman–Crippen MR) is 91.9 cm³/mol. The summed E-state index contributed by atoms with van der Waals surface area (Å²) in [5, 5.41) is 10.3. The number of unbranched alkanes of at least 4 members (excludes halogenated alkanes) is 2. The second kappa shape index (κ2) is 7.99. The third-order valence-electron chi connectivity index (χ3n) is 4.36. The van der Waals surface area contributed by atoms with Crippen molar-refractivity contribution in [3.63, 3.8) is 0 Å². The van der Waals surface area contributed by atoms with Gasteiger partial charge in [-0.05, 0) is 24.1 Å². The lowest BCUT2D eigenvalue weighted by Crippen LogP contribution is -2.32. The Morgan fingerprint density at radius 3 is 2.42 bits per heavy atom. The molecule has 1 N–H and O–H groups in total. The summed E-state index contributed by atoms with van der Waals surface area (Å²) in [5.74, 6) is -0.347. The number of rotatable bonds is 8. The molecule has 2 rings (SSSR count). The number of ether oxygens (including phenoxy) is 1. The maximum absolute atomic E-state index is 12.5. The van der Waals surface area contributed by atoms with Gasteiger partial charge in [-0.1, -0.05) is 38.8 Å². The first-order valence-electron chi connectivity index (χ1n) is 8.46. The summed E-state index contributed by atoms with van der Waals surface area (Å²) < 4.78 is 5.17. The van der Waals surface area contributed by atoms with Crippen LogP contribution in [0.5, 0.6) is 5.75 Å². The van der Waals surface area contributed by atoms with Crippen LogP contribution in [0, 0.1) is 0 Å². The van der Waals surface area contributed by atoms with Gasteiger partial charge >= 0.3 is 0 Å². The van der Waals surface area contributed by atoms with E-state index in [4.69, 9.17) is 4.74 Å².